The molecule has 1 atom stereocenters. The van der Waals surface area contributed by atoms with Crippen LogP contribution in [0.4, 0.5) is 8.78 Å². The molecule has 0 fully saturated rings. The second kappa shape index (κ2) is 6.90. The number of alkyl halides is 2. The van der Waals surface area contributed by atoms with Crippen LogP contribution in [0.15, 0.2) is 24.3 Å². The SMILES string of the molecule is CCOC(=O)C[C@@H](N)c1ccc(OC(F)F)cc1. The second-order valence-corrected chi connectivity index (χ2v) is 3.56. The molecule has 0 aliphatic rings. The van der Waals surface area contributed by atoms with Crippen LogP contribution in [0.25, 0.3) is 0 Å². The number of carbonyl (C=O) groups excluding carboxylic acids is 1. The maximum Gasteiger partial charge on any atom is 0.387 e. The first-order chi connectivity index (χ1) is 8.52. The van der Waals surface area contributed by atoms with Gasteiger partial charge in [0, 0.05) is 6.04 Å². The summed E-state index contributed by atoms with van der Waals surface area (Å²) in [6.07, 6.45) is 0.0445. The highest BCUT2D eigenvalue weighted by Crippen LogP contribution is 2.20. The molecule has 1 rings (SSSR count). The van der Waals surface area contributed by atoms with Gasteiger partial charge in [-0.1, -0.05) is 12.1 Å². The van der Waals surface area contributed by atoms with E-state index < -0.39 is 18.6 Å². The molecule has 0 saturated heterocycles. The summed E-state index contributed by atoms with van der Waals surface area (Å²) in [5, 5.41) is 0. The highest BCUT2D eigenvalue weighted by atomic mass is 19.3. The molecular weight excluding hydrogens is 244 g/mol. The van der Waals surface area contributed by atoms with Gasteiger partial charge in [0.15, 0.2) is 0 Å². The van der Waals surface area contributed by atoms with E-state index in [1.165, 1.54) is 12.1 Å². The largest absolute Gasteiger partial charge is 0.466 e. The summed E-state index contributed by atoms with van der Waals surface area (Å²) in [5.41, 5.74) is 6.44. The lowest BCUT2D eigenvalue weighted by atomic mass is 10.0. The Morgan fingerprint density at radius 2 is 1.94 bits per heavy atom. The minimum Gasteiger partial charge on any atom is -0.466 e. The predicted octanol–water partition coefficient (Wildman–Crippen LogP) is 2.24. The van der Waals surface area contributed by atoms with Crippen LogP contribution in [0.2, 0.25) is 0 Å². The number of rotatable bonds is 6. The Balaban J connectivity index is 2.58. The minimum absolute atomic E-state index is 0.0445. The fourth-order valence-electron chi connectivity index (χ4n) is 1.41. The zero-order chi connectivity index (χ0) is 13.5. The molecule has 0 aliphatic carbocycles. The van der Waals surface area contributed by atoms with Gasteiger partial charge in [-0.25, -0.2) is 0 Å². The Morgan fingerprint density at radius 1 is 1.33 bits per heavy atom. The molecule has 0 bridgehead atoms. The quantitative estimate of drug-likeness (QED) is 0.796. The summed E-state index contributed by atoms with van der Waals surface area (Å²) in [4.78, 5) is 11.2. The average Bonchev–Trinajstić information content (AvgIpc) is 2.29. The molecule has 0 aromatic heterocycles. The molecule has 100 valence electrons. The van der Waals surface area contributed by atoms with E-state index in [-0.39, 0.29) is 12.2 Å². The molecule has 2 N–H and O–H groups in total. The molecule has 4 nitrogen and oxygen atoms in total. The van der Waals surface area contributed by atoms with Crippen molar-refractivity contribution >= 4 is 5.97 Å². The van der Waals surface area contributed by atoms with Gasteiger partial charge in [-0.2, -0.15) is 8.78 Å². The highest BCUT2D eigenvalue weighted by molar-refractivity contribution is 5.70. The molecule has 6 heteroatoms. The maximum absolute atomic E-state index is 11.9. The molecule has 1 aromatic rings. The summed E-state index contributed by atoms with van der Waals surface area (Å²) < 4.78 is 32.8. The van der Waals surface area contributed by atoms with Gasteiger partial charge in [0.25, 0.3) is 0 Å². The first kappa shape index (κ1) is 14.4. The third-order valence-electron chi connectivity index (χ3n) is 2.23. The summed E-state index contributed by atoms with van der Waals surface area (Å²) in [6, 6.07) is 5.33. The van der Waals surface area contributed by atoms with Crippen LogP contribution < -0.4 is 10.5 Å². The zero-order valence-electron chi connectivity index (χ0n) is 9.94. The number of hydrogen-bond donors (Lipinski definition) is 1. The lowest BCUT2D eigenvalue weighted by Gasteiger charge is -2.12. The Kier molecular flexibility index (Phi) is 5.51. The number of nitrogens with two attached hydrogens (primary N) is 1. The lowest BCUT2D eigenvalue weighted by Crippen LogP contribution is -2.17. The van der Waals surface area contributed by atoms with E-state index in [1.54, 1.807) is 19.1 Å². The molecule has 0 spiro atoms. The van der Waals surface area contributed by atoms with Gasteiger partial charge in [0.05, 0.1) is 13.0 Å². The summed E-state index contributed by atoms with van der Waals surface area (Å²) >= 11 is 0. The van der Waals surface area contributed by atoms with Crippen molar-refractivity contribution in [3.05, 3.63) is 29.8 Å². The fraction of sp³-hybridized carbons (Fsp3) is 0.417. The van der Waals surface area contributed by atoms with Crippen molar-refractivity contribution in [2.45, 2.75) is 26.0 Å². The van der Waals surface area contributed by atoms with Crippen LogP contribution in [-0.4, -0.2) is 19.2 Å². The molecule has 18 heavy (non-hydrogen) atoms. The first-order valence-electron chi connectivity index (χ1n) is 5.49. The number of halogens is 2. The van der Waals surface area contributed by atoms with Crippen LogP contribution >= 0.6 is 0 Å². The molecule has 0 amide bonds. The van der Waals surface area contributed by atoms with Crippen LogP contribution in [0.1, 0.15) is 24.9 Å². The number of esters is 1. The Bertz CT molecular complexity index is 381. The average molecular weight is 259 g/mol. The van der Waals surface area contributed by atoms with E-state index in [2.05, 4.69) is 4.74 Å². The molecular formula is C12H15F2NO3. The molecule has 0 aliphatic heterocycles. The smallest absolute Gasteiger partial charge is 0.387 e. The zero-order valence-corrected chi connectivity index (χ0v) is 9.94. The van der Waals surface area contributed by atoms with Gasteiger partial charge in [-0.15, -0.1) is 0 Å². The van der Waals surface area contributed by atoms with Crippen molar-refractivity contribution in [2.24, 2.45) is 5.73 Å². The van der Waals surface area contributed by atoms with Crippen LogP contribution in [0.3, 0.4) is 0 Å². The number of benzene rings is 1. The number of hydrogen-bond acceptors (Lipinski definition) is 4. The Hall–Kier alpha value is -1.69. The van der Waals surface area contributed by atoms with Crippen molar-refractivity contribution < 1.29 is 23.0 Å². The fourth-order valence-corrected chi connectivity index (χ4v) is 1.41. The topological polar surface area (TPSA) is 61.5 Å². The Morgan fingerprint density at radius 3 is 2.44 bits per heavy atom. The molecule has 0 radical (unpaired) electrons. The molecule has 0 saturated carbocycles. The number of carbonyl (C=O) groups is 1. The molecule has 0 heterocycles. The van der Waals surface area contributed by atoms with Crippen molar-refractivity contribution in [2.75, 3.05) is 6.61 Å². The van der Waals surface area contributed by atoms with Gasteiger partial charge in [0.1, 0.15) is 5.75 Å². The summed E-state index contributed by atoms with van der Waals surface area (Å²) in [5.74, 6) is -0.338. The van der Waals surface area contributed by atoms with Gasteiger partial charge in [0.2, 0.25) is 0 Å². The molecule has 1 aromatic carbocycles. The standard InChI is InChI=1S/C12H15F2NO3/c1-2-17-11(16)7-10(15)8-3-5-9(6-4-8)18-12(13)14/h3-6,10,12H,2,7,15H2,1H3/t10-/m1/s1. The Labute approximate surface area is 104 Å². The lowest BCUT2D eigenvalue weighted by molar-refractivity contribution is -0.143. The van der Waals surface area contributed by atoms with Crippen LogP contribution in [0.5, 0.6) is 5.75 Å². The highest BCUT2D eigenvalue weighted by Gasteiger charge is 2.13. The van der Waals surface area contributed by atoms with E-state index in [0.717, 1.165) is 0 Å². The summed E-state index contributed by atoms with van der Waals surface area (Å²) in [7, 11) is 0. The number of ether oxygens (including phenoxy) is 2. The van der Waals surface area contributed by atoms with E-state index in [1.807, 2.05) is 0 Å². The predicted molar refractivity (Wildman–Crippen MR) is 61.3 cm³/mol. The van der Waals surface area contributed by atoms with Crippen molar-refractivity contribution in [3.63, 3.8) is 0 Å². The van der Waals surface area contributed by atoms with Gasteiger partial charge in [-0.05, 0) is 24.6 Å². The third kappa shape index (κ3) is 4.67. The van der Waals surface area contributed by atoms with E-state index in [4.69, 9.17) is 10.5 Å². The van der Waals surface area contributed by atoms with Crippen LogP contribution in [-0.2, 0) is 9.53 Å². The van der Waals surface area contributed by atoms with Crippen molar-refractivity contribution in [1.82, 2.24) is 0 Å². The monoisotopic (exact) mass is 259 g/mol. The first-order valence-corrected chi connectivity index (χ1v) is 5.49. The van der Waals surface area contributed by atoms with Gasteiger partial charge >= 0.3 is 12.6 Å². The summed E-state index contributed by atoms with van der Waals surface area (Å²) in [6.45, 7) is -0.851. The molecule has 0 unspecified atom stereocenters. The van der Waals surface area contributed by atoms with Gasteiger partial charge < -0.3 is 15.2 Å². The second-order valence-electron chi connectivity index (χ2n) is 3.56. The maximum atomic E-state index is 11.9. The minimum atomic E-state index is -2.86. The van der Waals surface area contributed by atoms with E-state index >= 15 is 0 Å². The van der Waals surface area contributed by atoms with Crippen molar-refractivity contribution in [1.29, 1.82) is 0 Å². The van der Waals surface area contributed by atoms with Gasteiger partial charge in [-0.3, -0.25) is 4.79 Å². The van der Waals surface area contributed by atoms with E-state index in [9.17, 15) is 13.6 Å². The van der Waals surface area contributed by atoms with Crippen molar-refractivity contribution in [3.8, 4) is 5.75 Å². The van der Waals surface area contributed by atoms with Crippen LogP contribution in [0, 0.1) is 0 Å². The third-order valence-corrected chi connectivity index (χ3v) is 2.23. The van der Waals surface area contributed by atoms with E-state index in [0.29, 0.717) is 12.2 Å². The normalized spacial score (nSPS) is 12.3.